The van der Waals surface area contributed by atoms with Crippen molar-refractivity contribution in [1.82, 2.24) is 0 Å². The zero-order valence-corrected chi connectivity index (χ0v) is 8.46. The third-order valence-corrected chi connectivity index (χ3v) is 2.55. The van der Waals surface area contributed by atoms with Crippen LogP contribution in [0, 0.1) is 0 Å². The third kappa shape index (κ3) is 3.73. The highest BCUT2D eigenvalue weighted by atomic mass is 16.3. The second kappa shape index (κ2) is 4.07. The number of hydrogen-bond donors (Lipinski definition) is 1. The summed E-state index contributed by atoms with van der Waals surface area (Å²) in [4.78, 5) is 0. The molecule has 0 aromatic rings. The van der Waals surface area contributed by atoms with E-state index in [0.717, 1.165) is 17.4 Å². The maximum atomic E-state index is 9.43. The fourth-order valence-corrected chi connectivity index (χ4v) is 0.883. The van der Waals surface area contributed by atoms with Crippen molar-refractivity contribution in [3.63, 3.8) is 0 Å². The van der Waals surface area contributed by atoms with Gasteiger partial charge in [-0.05, 0) is 20.3 Å². The standard InChI is InChI=1S/C9H22NO/c1-6-9(11)7-10(4,5)8(2)3/h8-9,11H,6-7H2,1-5H3/q+1. The van der Waals surface area contributed by atoms with Gasteiger partial charge in [-0.2, -0.15) is 0 Å². The molecule has 0 aromatic carbocycles. The molecule has 1 unspecified atom stereocenters. The van der Waals surface area contributed by atoms with Crippen LogP contribution in [-0.4, -0.2) is 42.4 Å². The largest absolute Gasteiger partial charge is 0.387 e. The van der Waals surface area contributed by atoms with E-state index in [1.54, 1.807) is 0 Å². The average Bonchev–Trinajstić information content (AvgIpc) is 1.86. The third-order valence-electron chi connectivity index (χ3n) is 2.55. The van der Waals surface area contributed by atoms with E-state index in [-0.39, 0.29) is 6.10 Å². The molecule has 1 atom stereocenters. The normalized spacial score (nSPS) is 15.5. The summed E-state index contributed by atoms with van der Waals surface area (Å²) in [6.45, 7) is 7.24. The molecule has 0 aliphatic rings. The molecular weight excluding hydrogens is 138 g/mol. The van der Waals surface area contributed by atoms with Crippen LogP contribution in [0.3, 0.4) is 0 Å². The number of hydrogen-bond acceptors (Lipinski definition) is 1. The number of nitrogens with zero attached hydrogens (tertiary/aromatic N) is 1. The van der Waals surface area contributed by atoms with Gasteiger partial charge in [0.2, 0.25) is 0 Å². The van der Waals surface area contributed by atoms with E-state index < -0.39 is 0 Å². The molecule has 0 fully saturated rings. The highest BCUT2D eigenvalue weighted by Gasteiger charge is 2.22. The van der Waals surface area contributed by atoms with Crippen molar-refractivity contribution in [2.45, 2.75) is 39.3 Å². The van der Waals surface area contributed by atoms with Gasteiger partial charge >= 0.3 is 0 Å². The minimum absolute atomic E-state index is 0.146. The Balaban J connectivity index is 3.90. The van der Waals surface area contributed by atoms with Crippen LogP contribution in [0.25, 0.3) is 0 Å². The van der Waals surface area contributed by atoms with E-state index in [9.17, 15) is 5.11 Å². The smallest absolute Gasteiger partial charge is 0.105 e. The molecule has 0 aromatic heterocycles. The summed E-state index contributed by atoms with van der Waals surface area (Å²) in [6, 6.07) is 0.580. The first-order valence-electron chi connectivity index (χ1n) is 4.41. The Bertz CT molecular complexity index is 110. The van der Waals surface area contributed by atoms with Crippen molar-refractivity contribution < 1.29 is 9.59 Å². The molecule has 0 heterocycles. The Labute approximate surface area is 70.4 Å². The van der Waals surface area contributed by atoms with Gasteiger partial charge in [0.15, 0.2) is 0 Å². The molecule has 0 saturated carbocycles. The summed E-state index contributed by atoms with van der Waals surface area (Å²) in [6.07, 6.45) is 0.710. The summed E-state index contributed by atoms with van der Waals surface area (Å²) >= 11 is 0. The average molecular weight is 160 g/mol. The Hall–Kier alpha value is -0.0800. The van der Waals surface area contributed by atoms with Gasteiger partial charge in [0.05, 0.1) is 20.1 Å². The first-order valence-corrected chi connectivity index (χ1v) is 4.41. The van der Waals surface area contributed by atoms with E-state index in [4.69, 9.17) is 0 Å². The summed E-state index contributed by atoms with van der Waals surface area (Å²) in [5, 5.41) is 9.43. The molecule has 0 saturated heterocycles. The molecule has 0 spiro atoms. The Morgan fingerprint density at radius 1 is 1.27 bits per heavy atom. The fourth-order valence-electron chi connectivity index (χ4n) is 0.883. The Kier molecular flexibility index (Phi) is 4.04. The lowest BCUT2D eigenvalue weighted by Crippen LogP contribution is -2.50. The quantitative estimate of drug-likeness (QED) is 0.614. The minimum atomic E-state index is -0.146. The van der Waals surface area contributed by atoms with Gasteiger partial charge in [0, 0.05) is 0 Å². The summed E-state index contributed by atoms with van der Waals surface area (Å²) in [5.41, 5.74) is 0. The maximum Gasteiger partial charge on any atom is 0.105 e. The molecule has 11 heavy (non-hydrogen) atoms. The Morgan fingerprint density at radius 3 is 2.00 bits per heavy atom. The lowest BCUT2D eigenvalue weighted by atomic mass is 10.2. The lowest BCUT2D eigenvalue weighted by molar-refractivity contribution is -0.914. The van der Waals surface area contributed by atoms with E-state index in [1.807, 2.05) is 6.92 Å². The SMILES string of the molecule is CCC(O)C[N+](C)(C)C(C)C. The van der Waals surface area contributed by atoms with E-state index in [2.05, 4.69) is 27.9 Å². The van der Waals surface area contributed by atoms with Crippen molar-refractivity contribution in [1.29, 1.82) is 0 Å². The van der Waals surface area contributed by atoms with Gasteiger partial charge in [0.25, 0.3) is 0 Å². The zero-order chi connectivity index (χ0) is 9.07. The molecule has 0 rings (SSSR count). The van der Waals surface area contributed by atoms with E-state index >= 15 is 0 Å². The van der Waals surface area contributed by atoms with Crippen LogP contribution >= 0.6 is 0 Å². The molecular formula is C9H22NO+. The zero-order valence-electron chi connectivity index (χ0n) is 8.46. The molecule has 68 valence electrons. The van der Waals surface area contributed by atoms with Gasteiger partial charge in [-0.25, -0.2) is 0 Å². The van der Waals surface area contributed by atoms with Gasteiger partial charge in [-0.15, -0.1) is 0 Å². The van der Waals surface area contributed by atoms with Crippen LogP contribution in [0.2, 0.25) is 0 Å². The number of aliphatic hydroxyl groups excluding tert-OH is 1. The predicted molar refractivity (Wildman–Crippen MR) is 48.4 cm³/mol. The second-order valence-corrected chi connectivity index (χ2v) is 4.12. The molecule has 1 N–H and O–H groups in total. The molecule has 0 radical (unpaired) electrons. The first kappa shape index (κ1) is 10.9. The highest BCUT2D eigenvalue weighted by Crippen LogP contribution is 2.07. The number of quaternary nitrogens is 1. The number of rotatable bonds is 4. The first-order chi connectivity index (χ1) is 4.90. The Morgan fingerprint density at radius 2 is 1.73 bits per heavy atom. The topological polar surface area (TPSA) is 20.2 Å². The van der Waals surface area contributed by atoms with Gasteiger partial charge < -0.3 is 9.59 Å². The highest BCUT2D eigenvalue weighted by molar-refractivity contribution is 4.51. The molecule has 0 bridgehead atoms. The summed E-state index contributed by atoms with van der Waals surface area (Å²) < 4.78 is 0.898. The van der Waals surface area contributed by atoms with E-state index in [1.165, 1.54) is 0 Å². The van der Waals surface area contributed by atoms with Crippen molar-refractivity contribution in [3.8, 4) is 0 Å². The predicted octanol–water partition coefficient (Wildman–Crippen LogP) is 1.24. The van der Waals surface area contributed by atoms with Crippen molar-refractivity contribution >= 4 is 0 Å². The number of aliphatic hydroxyl groups is 1. The molecule has 0 amide bonds. The van der Waals surface area contributed by atoms with Gasteiger partial charge in [0.1, 0.15) is 12.6 Å². The molecule has 0 aliphatic carbocycles. The van der Waals surface area contributed by atoms with Gasteiger partial charge in [-0.3, -0.25) is 0 Å². The summed E-state index contributed by atoms with van der Waals surface area (Å²) in [7, 11) is 4.31. The summed E-state index contributed by atoms with van der Waals surface area (Å²) in [5.74, 6) is 0. The fraction of sp³-hybridized carbons (Fsp3) is 1.00. The molecule has 2 heteroatoms. The van der Waals surface area contributed by atoms with Crippen LogP contribution in [0.15, 0.2) is 0 Å². The van der Waals surface area contributed by atoms with E-state index in [0.29, 0.717) is 6.04 Å². The van der Waals surface area contributed by atoms with Crippen LogP contribution in [0.4, 0.5) is 0 Å². The van der Waals surface area contributed by atoms with Crippen molar-refractivity contribution in [2.24, 2.45) is 0 Å². The lowest BCUT2D eigenvalue weighted by Gasteiger charge is -2.35. The second-order valence-electron chi connectivity index (χ2n) is 4.12. The van der Waals surface area contributed by atoms with Crippen LogP contribution in [0.5, 0.6) is 0 Å². The monoisotopic (exact) mass is 160 g/mol. The molecule has 2 nitrogen and oxygen atoms in total. The maximum absolute atomic E-state index is 9.43. The number of likely N-dealkylation sites (N-methyl/N-ethyl adjacent to an activating group) is 1. The van der Waals surface area contributed by atoms with Crippen LogP contribution in [0.1, 0.15) is 27.2 Å². The van der Waals surface area contributed by atoms with Crippen LogP contribution in [-0.2, 0) is 0 Å². The van der Waals surface area contributed by atoms with Crippen molar-refractivity contribution in [3.05, 3.63) is 0 Å². The van der Waals surface area contributed by atoms with Gasteiger partial charge in [-0.1, -0.05) is 6.92 Å². The van der Waals surface area contributed by atoms with Crippen LogP contribution < -0.4 is 0 Å². The minimum Gasteiger partial charge on any atom is -0.387 e. The molecule has 0 aliphatic heterocycles. The van der Waals surface area contributed by atoms with Crippen molar-refractivity contribution in [2.75, 3.05) is 20.6 Å².